The highest BCUT2D eigenvalue weighted by Gasteiger charge is 2.23. The molecule has 0 fully saturated rings. The molecule has 0 spiro atoms. The molecule has 1 heterocycles. The van der Waals surface area contributed by atoms with Crippen molar-refractivity contribution in [1.29, 1.82) is 0 Å². The zero-order valence-corrected chi connectivity index (χ0v) is 8.92. The molecule has 1 aromatic rings. The van der Waals surface area contributed by atoms with Gasteiger partial charge in [-0.15, -0.1) is 0 Å². The monoisotopic (exact) mass is 189 g/mol. The molecule has 0 saturated heterocycles. The van der Waals surface area contributed by atoms with Crippen LogP contribution in [0, 0.1) is 13.8 Å². The van der Waals surface area contributed by atoms with E-state index in [4.69, 9.17) is 0 Å². The predicted octanol–water partition coefficient (Wildman–Crippen LogP) is 1.93. The molecule has 74 valence electrons. The van der Waals surface area contributed by atoms with Crippen LogP contribution in [0.1, 0.15) is 27.0 Å². The Bertz CT molecular complexity index is 396. The molecular weight excluding hydrogens is 174 g/mol. The quantitative estimate of drug-likeness (QED) is 0.610. The van der Waals surface area contributed by atoms with Gasteiger partial charge in [-0.1, -0.05) is 17.7 Å². The van der Waals surface area contributed by atoms with Gasteiger partial charge in [-0.3, -0.25) is 4.79 Å². The SMILES string of the molecule is Cc1cc(C)c2c(c1)CCN(C)C2=O. The minimum absolute atomic E-state index is 0.170. The highest BCUT2D eigenvalue weighted by atomic mass is 16.2. The van der Waals surface area contributed by atoms with Crippen LogP contribution in [0.15, 0.2) is 12.1 Å². The van der Waals surface area contributed by atoms with Crippen molar-refractivity contribution in [3.63, 3.8) is 0 Å². The number of rotatable bonds is 0. The zero-order valence-electron chi connectivity index (χ0n) is 8.92. The summed E-state index contributed by atoms with van der Waals surface area (Å²) in [6.45, 7) is 4.94. The van der Waals surface area contributed by atoms with Crippen LogP contribution < -0.4 is 0 Å². The molecule has 2 heteroatoms. The lowest BCUT2D eigenvalue weighted by Crippen LogP contribution is -2.34. The van der Waals surface area contributed by atoms with Gasteiger partial charge in [-0.25, -0.2) is 0 Å². The molecule has 0 bridgehead atoms. The highest BCUT2D eigenvalue weighted by Crippen LogP contribution is 2.22. The van der Waals surface area contributed by atoms with E-state index in [0.717, 1.165) is 24.1 Å². The number of fused-ring (bicyclic) bond motifs is 1. The third kappa shape index (κ3) is 1.31. The van der Waals surface area contributed by atoms with Crippen LogP contribution >= 0.6 is 0 Å². The van der Waals surface area contributed by atoms with Gasteiger partial charge < -0.3 is 4.90 Å². The Hall–Kier alpha value is -1.31. The summed E-state index contributed by atoms with van der Waals surface area (Å²) >= 11 is 0. The first-order chi connectivity index (χ1) is 6.59. The number of carbonyl (C=O) groups excluding carboxylic acids is 1. The Labute approximate surface area is 84.5 Å². The van der Waals surface area contributed by atoms with E-state index >= 15 is 0 Å². The molecule has 1 aliphatic heterocycles. The van der Waals surface area contributed by atoms with Gasteiger partial charge in [0.2, 0.25) is 0 Å². The van der Waals surface area contributed by atoms with Crippen molar-refractivity contribution in [1.82, 2.24) is 4.90 Å². The summed E-state index contributed by atoms with van der Waals surface area (Å²) < 4.78 is 0. The number of carbonyl (C=O) groups is 1. The summed E-state index contributed by atoms with van der Waals surface area (Å²) in [6.07, 6.45) is 0.986. The molecule has 1 amide bonds. The first kappa shape index (κ1) is 9.25. The van der Waals surface area contributed by atoms with Gasteiger partial charge in [-0.05, 0) is 31.4 Å². The van der Waals surface area contributed by atoms with Gasteiger partial charge >= 0.3 is 0 Å². The first-order valence-corrected chi connectivity index (χ1v) is 4.95. The van der Waals surface area contributed by atoms with Crippen molar-refractivity contribution in [3.05, 3.63) is 34.4 Å². The van der Waals surface area contributed by atoms with E-state index in [-0.39, 0.29) is 5.91 Å². The summed E-state index contributed by atoms with van der Waals surface area (Å²) in [5.41, 5.74) is 4.49. The number of nitrogens with zero attached hydrogens (tertiary/aromatic N) is 1. The Morgan fingerprint density at radius 1 is 1.29 bits per heavy atom. The second-order valence-electron chi connectivity index (χ2n) is 4.09. The fourth-order valence-corrected chi connectivity index (χ4v) is 2.14. The van der Waals surface area contributed by atoms with Gasteiger partial charge in [0, 0.05) is 19.2 Å². The third-order valence-corrected chi connectivity index (χ3v) is 2.84. The van der Waals surface area contributed by atoms with E-state index in [1.807, 2.05) is 14.0 Å². The molecule has 0 atom stereocenters. The lowest BCUT2D eigenvalue weighted by atomic mass is 9.93. The van der Waals surface area contributed by atoms with E-state index in [1.54, 1.807) is 4.90 Å². The van der Waals surface area contributed by atoms with Crippen LogP contribution in [0.2, 0.25) is 0 Å². The smallest absolute Gasteiger partial charge is 0.254 e. The predicted molar refractivity (Wildman–Crippen MR) is 56.6 cm³/mol. The second kappa shape index (κ2) is 3.12. The molecule has 2 rings (SSSR count). The van der Waals surface area contributed by atoms with Crippen molar-refractivity contribution >= 4 is 5.91 Å². The minimum atomic E-state index is 0.170. The third-order valence-electron chi connectivity index (χ3n) is 2.84. The molecule has 2 nitrogen and oxygen atoms in total. The van der Waals surface area contributed by atoms with Crippen molar-refractivity contribution in [2.24, 2.45) is 0 Å². The maximum Gasteiger partial charge on any atom is 0.254 e. The Kier molecular flexibility index (Phi) is 2.06. The first-order valence-electron chi connectivity index (χ1n) is 4.95. The molecule has 0 N–H and O–H groups in total. The molecule has 0 radical (unpaired) electrons. The number of hydrogen-bond donors (Lipinski definition) is 0. The van der Waals surface area contributed by atoms with Crippen LogP contribution in [0.4, 0.5) is 0 Å². The summed E-state index contributed by atoms with van der Waals surface area (Å²) in [5.74, 6) is 0.170. The largest absolute Gasteiger partial charge is 0.341 e. The van der Waals surface area contributed by atoms with Crippen molar-refractivity contribution in [2.75, 3.05) is 13.6 Å². The summed E-state index contributed by atoms with van der Waals surface area (Å²) in [4.78, 5) is 13.7. The van der Waals surface area contributed by atoms with Crippen molar-refractivity contribution in [3.8, 4) is 0 Å². The number of likely N-dealkylation sites (N-methyl/N-ethyl adjacent to an activating group) is 1. The van der Waals surface area contributed by atoms with Gasteiger partial charge in [0.05, 0.1) is 0 Å². The van der Waals surface area contributed by atoms with Crippen LogP contribution in [0.25, 0.3) is 0 Å². The topological polar surface area (TPSA) is 20.3 Å². The van der Waals surface area contributed by atoms with Crippen molar-refractivity contribution in [2.45, 2.75) is 20.3 Å². The van der Waals surface area contributed by atoms with E-state index in [2.05, 4.69) is 19.1 Å². The molecular formula is C12H15NO. The maximum absolute atomic E-state index is 11.9. The van der Waals surface area contributed by atoms with Gasteiger partial charge in [0.15, 0.2) is 0 Å². The fraction of sp³-hybridized carbons (Fsp3) is 0.417. The molecule has 1 aromatic carbocycles. The average Bonchev–Trinajstić information content (AvgIpc) is 2.10. The summed E-state index contributed by atoms with van der Waals surface area (Å²) in [6, 6.07) is 4.21. The minimum Gasteiger partial charge on any atom is -0.341 e. The molecule has 0 aliphatic carbocycles. The standard InChI is InChI=1S/C12H15NO/c1-8-6-9(2)11-10(7-8)4-5-13(3)12(11)14/h6-7H,4-5H2,1-3H3. The van der Waals surface area contributed by atoms with E-state index < -0.39 is 0 Å². The van der Waals surface area contributed by atoms with E-state index in [9.17, 15) is 4.79 Å². The van der Waals surface area contributed by atoms with Gasteiger partial charge in [0.25, 0.3) is 5.91 Å². The molecule has 0 aromatic heterocycles. The zero-order chi connectivity index (χ0) is 10.3. The molecule has 0 unspecified atom stereocenters. The summed E-state index contributed by atoms with van der Waals surface area (Å²) in [5, 5.41) is 0. The van der Waals surface area contributed by atoms with Crippen LogP contribution in [0.3, 0.4) is 0 Å². The van der Waals surface area contributed by atoms with Crippen LogP contribution in [-0.2, 0) is 6.42 Å². The molecule has 1 aliphatic rings. The highest BCUT2D eigenvalue weighted by molar-refractivity contribution is 5.98. The van der Waals surface area contributed by atoms with E-state index in [1.165, 1.54) is 11.1 Å². The number of amides is 1. The molecule has 14 heavy (non-hydrogen) atoms. The second-order valence-corrected chi connectivity index (χ2v) is 4.09. The van der Waals surface area contributed by atoms with E-state index in [0.29, 0.717) is 0 Å². The van der Waals surface area contributed by atoms with Crippen LogP contribution in [0.5, 0.6) is 0 Å². The average molecular weight is 189 g/mol. The lowest BCUT2D eigenvalue weighted by molar-refractivity contribution is 0.0780. The number of benzene rings is 1. The van der Waals surface area contributed by atoms with Crippen molar-refractivity contribution < 1.29 is 4.79 Å². The lowest BCUT2D eigenvalue weighted by Gasteiger charge is -2.26. The summed E-state index contributed by atoms with van der Waals surface area (Å²) in [7, 11) is 1.87. The Morgan fingerprint density at radius 3 is 2.71 bits per heavy atom. The Balaban J connectivity index is 2.60. The van der Waals surface area contributed by atoms with Gasteiger partial charge in [0.1, 0.15) is 0 Å². The maximum atomic E-state index is 11.9. The van der Waals surface area contributed by atoms with Crippen LogP contribution in [-0.4, -0.2) is 24.4 Å². The normalized spacial score (nSPS) is 15.6. The van der Waals surface area contributed by atoms with Gasteiger partial charge in [-0.2, -0.15) is 0 Å². The fourth-order valence-electron chi connectivity index (χ4n) is 2.14. The number of hydrogen-bond acceptors (Lipinski definition) is 1. The molecule has 0 saturated carbocycles. The number of aryl methyl sites for hydroxylation is 2. The Morgan fingerprint density at radius 2 is 2.00 bits per heavy atom.